The van der Waals surface area contributed by atoms with Gasteiger partial charge in [0, 0.05) is 16.4 Å². The van der Waals surface area contributed by atoms with Gasteiger partial charge in [0.05, 0.1) is 23.2 Å². The predicted molar refractivity (Wildman–Crippen MR) is 114 cm³/mol. The molecule has 0 aromatic carbocycles. The van der Waals surface area contributed by atoms with Crippen LogP contribution in [0.15, 0.2) is 22.4 Å². The first-order valence-electron chi connectivity index (χ1n) is 9.27. The van der Waals surface area contributed by atoms with Crippen molar-refractivity contribution >= 4 is 29.3 Å². The Kier molecular flexibility index (Phi) is 7.83. The molecular formula is C19H28ClN5OS. The molecule has 0 radical (unpaired) electrons. The van der Waals surface area contributed by atoms with Gasteiger partial charge in [-0.15, -0.1) is 0 Å². The van der Waals surface area contributed by atoms with Gasteiger partial charge in [0.15, 0.2) is 0 Å². The Hall–Kier alpha value is -1.43. The average Bonchev–Trinajstić information content (AvgIpc) is 3.38. The van der Waals surface area contributed by atoms with E-state index in [4.69, 9.17) is 26.9 Å². The molecule has 0 amide bonds. The van der Waals surface area contributed by atoms with E-state index in [9.17, 15) is 0 Å². The number of halogens is 1. The highest BCUT2D eigenvalue weighted by Gasteiger charge is 2.26. The van der Waals surface area contributed by atoms with Crippen molar-refractivity contribution < 1.29 is 4.74 Å². The molecule has 1 aromatic heterocycles. The van der Waals surface area contributed by atoms with Crippen LogP contribution in [0.4, 0.5) is 0 Å². The second kappa shape index (κ2) is 9.67. The number of hydrogen-bond acceptors (Lipinski definition) is 5. The lowest BCUT2D eigenvalue weighted by atomic mass is 9.98. The number of nitrogens with zero attached hydrogens (tertiary/aromatic N) is 5. The number of rotatable bonds is 9. The fourth-order valence-corrected chi connectivity index (χ4v) is 3.81. The van der Waals surface area contributed by atoms with E-state index < -0.39 is 5.54 Å². The minimum absolute atomic E-state index is 0.0276. The first-order valence-corrected chi connectivity index (χ1v) is 10.7. The summed E-state index contributed by atoms with van der Waals surface area (Å²) < 4.78 is 6.22. The second-order valence-electron chi connectivity index (χ2n) is 7.56. The third-order valence-electron chi connectivity index (χ3n) is 4.66. The Bertz CT molecular complexity index is 729. The molecule has 2 rings (SSSR count). The number of pyridine rings is 1. The van der Waals surface area contributed by atoms with Gasteiger partial charge in [-0.2, -0.15) is 11.8 Å². The van der Waals surface area contributed by atoms with Crippen molar-refractivity contribution in [2.45, 2.75) is 76.8 Å². The summed E-state index contributed by atoms with van der Waals surface area (Å²) in [7, 11) is 0. The van der Waals surface area contributed by atoms with E-state index in [1.807, 2.05) is 39.5 Å². The fraction of sp³-hybridized carbons (Fsp3) is 0.684. The largest absolute Gasteiger partial charge is 0.474 e. The van der Waals surface area contributed by atoms with Gasteiger partial charge in [0.25, 0.3) is 0 Å². The third-order valence-corrected chi connectivity index (χ3v) is 6.28. The van der Waals surface area contributed by atoms with Gasteiger partial charge in [0.2, 0.25) is 5.90 Å². The van der Waals surface area contributed by atoms with Gasteiger partial charge in [0.1, 0.15) is 5.15 Å². The van der Waals surface area contributed by atoms with Crippen LogP contribution < -0.4 is 0 Å². The zero-order chi connectivity index (χ0) is 20.0. The number of ether oxygens (including phenoxy) is 1. The summed E-state index contributed by atoms with van der Waals surface area (Å²) in [6.45, 7) is 9.66. The molecule has 1 aliphatic carbocycles. The molecule has 2 atom stereocenters. The molecule has 0 spiro atoms. The van der Waals surface area contributed by atoms with E-state index >= 15 is 0 Å². The van der Waals surface area contributed by atoms with E-state index in [2.05, 4.69) is 21.9 Å². The van der Waals surface area contributed by atoms with Crippen LogP contribution in [0.1, 0.15) is 58.1 Å². The quantitative estimate of drug-likeness (QED) is 0.126. The standard InChI is InChI=1S/C19H28ClN5OS/c1-12-10-17(20)22-11-16(12)18(23-14(3)19(4,5)24-25-21)26-13(2)8-9-27-15-6-7-15/h10-11,13-15H,6-9H2,1-5H3/b23-18+. The molecule has 0 aliphatic heterocycles. The van der Waals surface area contributed by atoms with Crippen LogP contribution in [0, 0.1) is 6.92 Å². The number of aliphatic imine (C=N–C) groups is 1. The second-order valence-corrected chi connectivity index (χ2v) is 9.36. The lowest BCUT2D eigenvalue weighted by molar-refractivity contribution is 0.203. The summed E-state index contributed by atoms with van der Waals surface area (Å²) in [5, 5.41) is 5.15. The molecule has 1 fully saturated rings. The molecule has 8 heteroatoms. The van der Waals surface area contributed by atoms with Crippen molar-refractivity contribution in [2.75, 3.05) is 5.75 Å². The third kappa shape index (κ3) is 6.91. The summed E-state index contributed by atoms with van der Waals surface area (Å²) in [4.78, 5) is 11.9. The highest BCUT2D eigenvalue weighted by Crippen LogP contribution is 2.34. The number of aromatic nitrogens is 1. The van der Waals surface area contributed by atoms with Crippen molar-refractivity contribution in [2.24, 2.45) is 10.1 Å². The van der Waals surface area contributed by atoms with Crippen LogP contribution >= 0.6 is 23.4 Å². The molecule has 148 valence electrons. The topological polar surface area (TPSA) is 83.2 Å². The van der Waals surface area contributed by atoms with Crippen LogP contribution in [0.25, 0.3) is 10.4 Å². The van der Waals surface area contributed by atoms with E-state index in [0.717, 1.165) is 28.6 Å². The Morgan fingerprint density at radius 3 is 2.78 bits per heavy atom. The Morgan fingerprint density at radius 2 is 2.19 bits per heavy atom. The zero-order valence-corrected chi connectivity index (χ0v) is 18.2. The van der Waals surface area contributed by atoms with Crippen molar-refractivity contribution in [3.8, 4) is 0 Å². The lowest BCUT2D eigenvalue weighted by Crippen LogP contribution is -2.32. The molecule has 0 saturated heterocycles. The first-order chi connectivity index (χ1) is 12.7. The van der Waals surface area contributed by atoms with Crippen molar-refractivity contribution in [3.05, 3.63) is 39.0 Å². The van der Waals surface area contributed by atoms with Crippen LogP contribution in [0.3, 0.4) is 0 Å². The minimum Gasteiger partial charge on any atom is -0.474 e. The van der Waals surface area contributed by atoms with Crippen molar-refractivity contribution in [3.63, 3.8) is 0 Å². The number of azide groups is 1. The molecule has 0 N–H and O–H groups in total. The fourth-order valence-electron chi connectivity index (χ4n) is 2.33. The first kappa shape index (κ1) is 21.9. The number of aryl methyl sites for hydroxylation is 1. The molecule has 1 saturated carbocycles. The van der Waals surface area contributed by atoms with Crippen LogP contribution in [0.5, 0.6) is 0 Å². The van der Waals surface area contributed by atoms with Gasteiger partial charge in [-0.1, -0.05) is 30.6 Å². The molecule has 0 bridgehead atoms. The van der Waals surface area contributed by atoms with Crippen LogP contribution in [0.2, 0.25) is 5.15 Å². The maximum absolute atomic E-state index is 8.82. The predicted octanol–water partition coefficient (Wildman–Crippen LogP) is 5.96. The minimum atomic E-state index is -0.665. The summed E-state index contributed by atoms with van der Waals surface area (Å²) >= 11 is 8.02. The van der Waals surface area contributed by atoms with Gasteiger partial charge < -0.3 is 4.74 Å². The maximum atomic E-state index is 8.82. The van der Waals surface area contributed by atoms with Crippen LogP contribution in [-0.4, -0.2) is 39.6 Å². The highest BCUT2D eigenvalue weighted by molar-refractivity contribution is 8.00. The zero-order valence-electron chi connectivity index (χ0n) is 16.6. The van der Waals surface area contributed by atoms with E-state index in [1.165, 1.54) is 12.8 Å². The van der Waals surface area contributed by atoms with Crippen molar-refractivity contribution in [1.82, 2.24) is 4.98 Å². The van der Waals surface area contributed by atoms with Gasteiger partial charge in [-0.05, 0) is 62.9 Å². The monoisotopic (exact) mass is 409 g/mol. The Balaban J connectivity index is 2.21. The van der Waals surface area contributed by atoms with E-state index in [-0.39, 0.29) is 12.1 Å². The average molecular weight is 410 g/mol. The molecule has 1 aromatic rings. The Morgan fingerprint density at radius 1 is 1.48 bits per heavy atom. The molecule has 1 heterocycles. The molecular weight excluding hydrogens is 382 g/mol. The molecule has 2 unspecified atom stereocenters. The smallest absolute Gasteiger partial charge is 0.218 e. The van der Waals surface area contributed by atoms with Crippen molar-refractivity contribution in [1.29, 1.82) is 0 Å². The maximum Gasteiger partial charge on any atom is 0.218 e. The summed E-state index contributed by atoms with van der Waals surface area (Å²) in [5.41, 5.74) is 9.91. The molecule has 1 aliphatic rings. The normalized spacial score (nSPS) is 17.2. The number of hydrogen-bond donors (Lipinski definition) is 0. The lowest BCUT2D eigenvalue weighted by Gasteiger charge is -2.25. The van der Waals surface area contributed by atoms with Gasteiger partial charge in [-0.25, -0.2) is 9.98 Å². The van der Waals surface area contributed by atoms with E-state index in [0.29, 0.717) is 11.1 Å². The van der Waals surface area contributed by atoms with Gasteiger partial charge >= 0.3 is 0 Å². The molecule has 6 nitrogen and oxygen atoms in total. The van der Waals surface area contributed by atoms with Gasteiger partial charge in [-0.3, -0.25) is 0 Å². The number of thioether (sulfide) groups is 1. The highest BCUT2D eigenvalue weighted by atomic mass is 35.5. The van der Waals surface area contributed by atoms with E-state index in [1.54, 1.807) is 12.3 Å². The summed E-state index contributed by atoms with van der Waals surface area (Å²) in [5.74, 6) is 1.60. The Labute approximate surface area is 170 Å². The SMILES string of the molecule is Cc1cc(Cl)ncc1/C(=N\C(C)C(C)(C)N=[N+]=[N-])OC(C)CCSC1CC1. The molecule has 27 heavy (non-hydrogen) atoms. The summed E-state index contributed by atoms with van der Waals surface area (Å²) in [6.07, 6.45) is 5.35. The van der Waals surface area contributed by atoms with Crippen LogP contribution in [-0.2, 0) is 4.74 Å². The summed E-state index contributed by atoms with van der Waals surface area (Å²) in [6, 6.07) is 1.54.